The minimum atomic E-state index is -0.142. The van der Waals surface area contributed by atoms with Gasteiger partial charge in [-0.3, -0.25) is 9.36 Å². The minimum absolute atomic E-state index is 0.142. The molecule has 0 saturated heterocycles. The number of thioether (sulfide) groups is 1. The SMILES string of the molecule is C=CCn1c(COc2ccc(C(C)C)cc2)nnc1SCC(=O)Nc1cc(Cl)ccc1C. The first-order valence-electron chi connectivity index (χ1n) is 10.3. The largest absolute Gasteiger partial charge is 0.486 e. The maximum atomic E-state index is 12.4. The fraction of sp³-hybridized carbons (Fsp3) is 0.292. The van der Waals surface area contributed by atoms with Crippen molar-refractivity contribution in [2.24, 2.45) is 0 Å². The van der Waals surface area contributed by atoms with E-state index in [0.717, 1.165) is 11.3 Å². The van der Waals surface area contributed by atoms with Gasteiger partial charge in [-0.1, -0.05) is 61.5 Å². The standard InChI is InChI=1S/C24H27ClN4O2S/c1-5-12-29-22(14-31-20-10-7-18(8-11-20)16(2)3)27-28-24(29)32-15-23(30)26-21-13-19(25)9-6-17(21)4/h5-11,13,16H,1,12,14-15H2,2-4H3,(H,26,30). The summed E-state index contributed by atoms with van der Waals surface area (Å²) in [4.78, 5) is 12.4. The smallest absolute Gasteiger partial charge is 0.234 e. The molecule has 0 spiro atoms. The summed E-state index contributed by atoms with van der Waals surface area (Å²) in [6.07, 6.45) is 1.77. The fourth-order valence-electron chi connectivity index (χ4n) is 2.99. The molecule has 0 unspecified atom stereocenters. The number of carbonyl (C=O) groups is 1. The molecule has 0 atom stereocenters. The average molecular weight is 471 g/mol. The van der Waals surface area contributed by atoms with Crippen LogP contribution in [0.15, 0.2) is 60.3 Å². The van der Waals surface area contributed by atoms with Gasteiger partial charge in [0.25, 0.3) is 0 Å². The number of rotatable bonds is 10. The second kappa shape index (κ2) is 11.2. The van der Waals surface area contributed by atoms with Crippen LogP contribution in [0.3, 0.4) is 0 Å². The lowest BCUT2D eigenvalue weighted by atomic mass is 10.0. The summed E-state index contributed by atoms with van der Waals surface area (Å²) in [5, 5.41) is 12.6. The maximum absolute atomic E-state index is 12.4. The quantitative estimate of drug-likeness (QED) is 0.297. The molecule has 3 rings (SSSR count). The van der Waals surface area contributed by atoms with Gasteiger partial charge in [-0.25, -0.2) is 0 Å². The third-order valence-electron chi connectivity index (χ3n) is 4.83. The van der Waals surface area contributed by atoms with Gasteiger partial charge < -0.3 is 10.1 Å². The van der Waals surface area contributed by atoms with Gasteiger partial charge >= 0.3 is 0 Å². The molecule has 0 aliphatic carbocycles. The Labute approximate surface area is 198 Å². The molecule has 8 heteroatoms. The molecule has 0 bridgehead atoms. The van der Waals surface area contributed by atoms with Crippen LogP contribution in [0.25, 0.3) is 0 Å². The summed E-state index contributed by atoms with van der Waals surface area (Å²) >= 11 is 7.34. The highest BCUT2D eigenvalue weighted by atomic mass is 35.5. The number of hydrogen-bond acceptors (Lipinski definition) is 5. The van der Waals surface area contributed by atoms with Crippen molar-refractivity contribution in [2.45, 2.75) is 45.0 Å². The number of hydrogen-bond donors (Lipinski definition) is 1. The molecule has 0 radical (unpaired) electrons. The minimum Gasteiger partial charge on any atom is -0.486 e. The molecule has 32 heavy (non-hydrogen) atoms. The monoisotopic (exact) mass is 470 g/mol. The molecule has 1 aromatic heterocycles. The van der Waals surface area contributed by atoms with Crippen molar-refractivity contribution in [1.29, 1.82) is 0 Å². The van der Waals surface area contributed by atoms with Crippen LogP contribution < -0.4 is 10.1 Å². The van der Waals surface area contributed by atoms with Gasteiger partial charge in [0.1, 0.15) is 12.4 Å². The first-order valence-corrected chi connectivity index (χ1v) is 11.7. The Hall–Kier alpha value is -2.77. The average Bonchev–Trinajstić information content (AvgIpc) is 3.15. The molecule has 1 N–H and O–H groups in total. The van der Waals surface area contributed by atoms with Crippen LogP contribution in [-0.2, 0) is 17.9 Å². The van der Waals surface area contributed by atoms with E-state index in [9.17, 15) is 4.79 Å². The second-order valence-corrected chi connectivity index (χ2v) is 8.99. The molecule has 168 valence electrons. The third-order valence-corrected chi connectivity index (χ3v) is 6.03. The van der Waals surface area contributed by atoms with E-state index in [-0.39, 0.29) is 18.3 Å². The van der Waals surface area contributed by atoms with Crippen molar-refractivity contribution >= 4 is 35.0 Å². The fourth-order valence-corrected chi connectivity index (χ4v) is 3.93. The van der Waals surface area contributed by atoms with E-state index in [1.54, 1.807) is 18.2 Å². The van der Waals surface area contributed by atoms with E-state index in [4.69, 9.17) is 16.3 Å². The Morgan fingerprint density at radius 1 is 1.25 bits per heavy atom. The summed E-state index contributed by atoms with van der Waals surface area (Å²) < 4.78 is 7.80. The molecule has 0 aliphatic rings. The molecular weight excluding hydrogens is 444 g/mol. The van der Waals surface area contributed by atoms with Crippen molar-refractivity contribution in [2.75, 3.05) is 11.1 Å². The third kappa shape index (κ3) is 6.37. The number of allylic oxidation sites excluding steroid dienone is 1. The molecule has 2 aromatic carbocycles. The van der Waals surface area contributed by atoms with Crippen LogP contribution in [0.5, 0.6) is 5.75 Å². The van der Waals surface area contributed by atoms with Gasteiger partial charge in [0.15, 0.2) is 11.0 Å². The van der Waals surface area contributed by atoms with Crippen LogP contribution in [0, 0.1) is 6.92 Å². The number of halogens is 1. The first-order chi connectivity index (χ1) is 15.4. The highest BCUT2D eigenvalue weighted by Crippen LogP contribution is 2.23. The number of aryl methyl sites for hydroxylation is 1. The number of nitrogens with one attached hydrogen (secondary N) is 1. The number of carbonyl (C=O) groups excluding carboxylic acids is 1. The predicted octanol–water partition coefficient (Wildman–Crippen LogP) is 5.86. The van der Waals surface area contributed by atoms with Gasteiger partial charge in [-0.15, -0.1) is 16.8 Å². The topological polar surface area (TPSA) is 69.0 Å². The van der Waals surface area contributed by atoms with Crippen LogP contribution in [0.4, 0.5) is 5.69 Å². The summed E-state index contributed by atoms with van der Waals surface area (Å²) in [6, 6.07) is 13.5. The Morgan fingerprint density at radius 2 is 2.00 bits per heavy atom. The van der Waals surface area contributed by atoms with E-state index >= 15 is 0 Å². The normalized spacial score (nSPS) is 10.9. The van der Waals surface area contributed by atoms with E-state index in [1.165, 1.54) is 17.3 Å². The van der Waals surface area contributed by atoms with Crippen molar-refractivity contribution < 1.29 is 9.53 Å². The van der Waals surface area contributed by atoms with Gasteiger partial charge in [-0.2, -0.15) is 0 Å². The van der Waals surface area contributed by atoms with E-state index in [1.807, 2.05) is 29.7 Å². The summed E-state index contributed by atoms with van der Waals surface area (Å²) in [6.45, 7) is 10.8. The molecule has 1 heterocycles. The van der Waals surface area contributed by atoms with E-state index < -0.39 is 0 Å². The molecule has 6 nitrogen and oxygen atoms in total. The summed E-state index contributed by atoms with van der Waals surface area (Å²) in [5.74, 6) is 1.97. The predicted molar refractivity (Wildman–Crippen MR) is 131 cm³/mol. The zero-order valence-corrected chi connectivity index (χ0v) is 20.0. The van der Waals surface area contributed by atoms with Crippen molar-refractivity contribution in [1.82, 2.24) is 14.8 Å². The molecular formula is C24H27ClN4O2S. The van der Waals surface area contributed by atoms with Crippen LogP contribution >= 0.6 is 23.4 Å². The number of benzene rings is 2. The zero-order chi connectivity index (χ0) is 23.1. The zero-order valence-electron chi connectivity index (χ0n) is 18.5. The van der Waals surface area contributed by atoms with Crippen LogP contribution in [0.1, 0.15) is 36.7 Å². The van der Waals surface area contributed by atoms with Gasteiger partial charge in [0, 0.05) is 17.3 Å². The lowest BCUT2D eigenvalue weighted by Crippen LogP contribution is -2.15. The second-order valence-electron chi connectivity index (χ2n) is 7.61. The Balaban J connectivity index is 1.61. The van der Waals surface area contributed by atoms with Crippen LogP contribution in [0.2, 0.25) is 5.02 Å². The molecule has 1 amide bonds. The van der Waals surface area contributed by atoms with Crippen molar-refractivity contribution in [3.8, 4) is 5.75 Å². The highest BCUT2D eigenvalue weighted by molar-refractivity contribution is 7.99. The number of aromatic nitrogens is 3. The first kappa shape index (κ1) is 23.9. The summed E-state index contributed by atoms with van der Waals surface area (Å²) in [7, 11) is 0. The van der Waals surface area contributed by atoms with E-state index in [2.05, 4.69) is 48.1 Å². The van der Waals surface area contributed by atoms with Crippen molar-refractivity contribution in [3.05, 3.63) is 77.1 Å². The number of anilines is 1. The lowest BCUT2D eigenvalue weighted by Gasteiger charge is -2.11. The molecule has 0 aliphatic heterocycles. The Bertz CT molecular complexity index is 1080. The van der Waals surface area contributed by atoms with Crippen molar-refractivity contribution in [3.63, 3.8) is 0 Å². The number of ether oxygens (including phenoxy) is 1. The van der Waals surface area contributed by atoms with Gasteiger partial charge in [-0.05, 0) is 48.2 Å². The number of amides is 1. The van der Waals surface area contributed by atoms with Crippen LogP contribution in [-0.4, -0.2) is 26.4 Å². The van der Waals surface area contributed by atoms with E-state index in [0.29, 0.717) is 34.2 Å². The Morgan fingerprint density at radius 3 is 2.69 bits per heavy atom. The molecule has 0 fully saturated rings. The number of nitrogens with zero attached hydrogens (tertiary/aromatic N) is 3. The molecule has 0 saturated carbocycles. The lowest BCUT2D eigenvalue weighted by molar-refractivity contribution is -0.113. The summed E-state index contributed by atoms with van der Waals surface area (Å²) in [5.41, 5.74) is 2.91. The van der Waals surface area contributed by atoms with Gasteiger partial charge in [0.05, 0.1) is 5.75 Å². The highest BCUT2D eigenvalue weighted by Gasteiger charge is 2.15. The van der Waals surface area contributed by atoms with Gasteiger partial charge in [0.2, 0.25) is 5.91 Å². The maximum Gasteiger partial charge on any atom is 0.234 e. The Kier molecular flexibility index (Phi) is 8.36. The molecule has 3 aromatic rings.